The Kier molecular flexibility index (Phi) is 5.22. The zero-order chi connectivity index (χ0) is 19.5. The number of carbonyl (C=O) groups excluding carboxylic acids is 1. The zero-order valence-corrected chi connectivity index (χ0v) is 15.9. The molecular weight excluding hydrogens is 385 g/mol. The van der Waals surface area contributed by atoms with E-state index in [0.29, 0.717) is 48.4 Å². The van der Waals surface area contributed by atoms with E-state index in [1.165, 1.54) is 22.3 Å². The van der Waals surface area contributed by atoms with Gasteiger partial charge >= 0.3 is 6.09 Å². The number of nitrogens with one attached hydrogen (secondary N) is 1. The molecule has 0 atom stereocenters. The van der Waals surface area contributed by atoms with Crippen LogP contribution in [0.4, 0.5) is 25.7 Å². The molecule has 1 aliphatic rings. The van der Waals surface area contributed by atoms with Crippen molar-refractivity contribution in [1.29, 1.82) is 0 Å². The molecule has 1 aromatic carbocycles. The predicted octanol–water partition coefficient (Wildman–Crippen LogP) is 3.49. The highest BCUT2D eigenvalue weighted by molar-refractivity contribution is 7.14. The van der Waals surface area contributed by atoms with E-state index in [2.05, 4.69) is 15.4 Å². The second kappa shape index (κ2) is 7.95. The molecule has 2 aromatic heterocycles. The number of hydrogen-bond donors (Lipinski definition) is 1. The van der Waals surface area contributed by atoms with Crippen LogP contribution in [0.25, 0.3) is 11.3 Å². The molecule has 10 heteroatoms. The molecule has 3 heterocycles. The number of aromatic nitrogens is 3. The van der Waals surface area contributed by atoms with Crippen LogP contribution in [0.3, 0.4) is 0 Å². The van der Waals surface area contributed by atoms with Crippen LogP contribution in [0.2, 0.25) is 0 Å². The normalized spacial score (nSPS) is 13.8. The second-order valence-electron chi connectivity index (χ2n) is 6.08. The largest absolute Gasteiger partial charge is 0.447 e. The van der Waals surface area contributed by atoms with Crippen LogP contribution in [-0.2, 0) is 16.0 Å². The molecule has 0 radical (unpaired) electrons. The number of methoxy groups -OCH3 is 1. The van der Waals surface area contributed by atoms with Crippen LogP contribution >= 0.6 is 11.3 Å². The molecule has 1 N–H and O–H groups in total. The number of nitrogens with zero attached hydrogens (tertiary/aromatic N) is 4. The van der Waals surface area contributed by atoms with Crippen molar-refractivity contribution < 1.29 is 18.7 Å². The smallest absolute Gasteiger partial charge is 0.414 e. The quantitative estimate of drug-likeness (QED) is 0.650. The Bertz CT molecular complexity index is 989. The highest BCUT2D eigenvalue weighted by Crippen LogP contribution is 2.31. The van der Waals surface area contributed by atoms with Crippen molar-refractivity contribution in [1.82, 2.24) is 14.8 Å². The molecule has 1 amide bonds. The van der Waals surface area contributed by atoms with Crippen LogP contribution in [0.1, 0.15) is 0 Å². The first kappa shape index (κ1) is 18.4. The summed E-state index contributed by atoms with van der Waals surface area (Å²) >= 11 is 1.37. The van der Waals surface area contributed by atoms with E-state index in [9.17, 15) is 9.18 Å². The van der Waals surface area contributed by atoms with E-state index >= 15 is 0 Å². The van der Waals surface area contributed by atoms with Crippen molar-refractivity contribution in [2.75, 3.05) is 37.1 Å². The molecule has 0 aliphatic carbocycles. The molecule has 1 saturated heterocycles. The maximum atomic E-state index is 14.6. The number of carbonyl (C=O) groups is 1. The molecule has 4 rings (SSSR count). The fraction of sp³-hybridized carbons (Fsp3) is 0.278. The molecule has 0 bridgehead atoms. The van der Waals surface area contributed by atoms with Crippen molar-refractivity contribution in [2.24, 2.45) is 0 Å². The number of rotatable bonds is 7. The molecule has 8 nitrogen and oxygen atoms in total. The van der Waals surface area contributed by atoms with Gasteiger partial charge in [-0.25, -0.2) is 14.2 Å². The lowest BCUT2D eigenvalue weighted by molar-refractivity contribution is 0.181. The third kappa shape index (κ3) is 3.82. The maximum absolute atomic E-state index is 14.6. The number of anilines is 3. The number of amides is 1. The van der Waals surface area contributed by atoms with Gasteiger partial charge in [0.05, 0.1) is 43.0 Å². The van der Waals surface area contributed by atoms with Crippen molar-refractivity contribution in [3.63, 3.8) is 0 Å². The fourth-order valence-electron chi connectivity index (χ4n) is 2.82. The predicted molar refractivity (Wildman–Crippen MR) is 104 cm³/mol. The summed E-state index contributed by atoms with van der Waals surface area (Å²) in [5.41, 5.74) is 2.16. The van der Waals surface area contributed by atoms with Crippen LogP contribution in [0.5, 0.6) is 0 Å². The number of cyclic esters (lactones) is 1. The summed E-state index contributed by atoms with van der Waals surface area (Å²) in [6.45, 7) is 1.96. The van der Waals surface area contributed by atoms with Gasteiger partial charge in [-0.15, -0.1) is 11.3 Å². The molecule has 28 heavy (non-hydrogen) atoms. The Morgan fingerprint density at radius 1 is 1.43 bits per heavy atom. The minimum Gasteiger partial charge on any atom is -0.447 e. The molecular formula is C18H18FN5O3S. The molecule has 0 saturated carbocycles. The maximum Gasteiger partial charge on any atom is 0.414 e. The minimum absolute atomic E-state index is 0.311. The average Bonchev–Trinajstić information content (AvgIpc) is 3.42. The van der Waals surface area contributed by atoms with Gasteiger partial charge in [0.2, 0.25) is 0 Å². The summed E-state index contributed by atoms with van der Waals surface area (Å²) in [4.78, 5) is 17.5. The summed E-state index contributed by atoms with van der Waals surface area (Å²) in [6.07, 6.45) is 3.09. The van der Waals surface area contributed by atoms with Gasteiger partial charge in [-0.1, -0.05) is 0 Å². The summed E-state index contributed by atoms with van der Waals surface area (Å²) in [6, 6.07) is 4.64. The first-order valence-electron chi connectivity index (χ1n) is 8.62. The monoisotopic (exact) mass is 403 g/mol. The van der Waals surface area contributed by atoms with Gasteiger partial charge in [-0.3, -0.25) is 9.58 Å². The van der Waals surface area contributed by atoms with Crippen LogP contribution < -0.4 is 10.2 Å². The third-order valence-corrected chi connectivity index (χ3v) is 4.97. The molecule has 1 aliphatic heterocycles. The molecule has 0 spiro atoms. The van der Waals surface area contributed by atoms with Gasteiger partial charge in [0.1, 0.15) is 12.4 Å². The number of thiazole rings is 1. The number of hydrogen-bond acceptors (Lipinski definition) is 7. The van der Waals surface area contributed by atoms with Crippen LogP contribution in [0.15, 0.2) is 36.0 Å². The lowest BCUT2D eigenvalue weighted by atomic mass is 10.1. The van der Waals surface area contributed by atoms with Gasteiger partial charge in [0, 0.05) is 24.3 Å². The van der Waals surface area contributed by atoms with E-state index in [4.69, 9.17) is 9.47 Å². The van der Waals surface area contributed by atoms with Crippen molar-refractivity contribution in [3.05, 3.63) is 41.8 Å². The lowest BCUT2D eigenvalue weighted by Crippen LogP contribution is -2.23. The summed E-state index contributed by atoms with van der Waals surface area (Å²) in [5, 5.41) is 9.80. The number of ether oxygens (including phenoxy) is 2. The first-order valence-corrected chi connectivity index (χ1v) is 9.50. The highest BCUT2D eigenvalue weighted by atomic mass is 32.1. The van der Waals surface area contributed by atoms with E-state index in [0.717, 1.165) is 5.69 Å². The standard InChI is InChI=1S/C18H18FN5O3S/c1-26-6-4-23-10-12(9-20-23)21-17-22-16(11-28-17)14-3-2-13(8-15(14)19)24-5-7-27-18(24)25/h2-3,8-11H,4-7H2,1H3,(H,21,22). The van der Waals surface area contributed by atoms with E-state index in [-0.39, 0.29) is 0 Å². The van der Waals surface area contributed by atoms with Crippen LogP contribution in [-0.4, -0.2) is 47.7 Å². The Morgan fingerprint density at radius 3 is 3.07 bits per heavy atom. The van der Waals surface area contributed by atoms with Gasteiger partial charge in [-0.05, 0) is 18.2 Å². The van der Waals surface area contributed by atoms with E-state index in [1.54, 1.807) is 35.5 Å². The molecule has 146 valence electrons. The Labute approximate surface area is 164 Å². The minimum atomic E-state index is -0.460. The molecule has 0 unspecified atom stereocenters. The second-order valence-corrected chi connectivity index (χ2v) is 6.94. The van der Waals surface area contributed by atoms with Crippen molar-refractivity contribution in [3.8, 4) is 11.3 Å². The SMILES string of the molecule is COCCn1cc(Nc2nc(-c3ccc(N4CCOC4=O)cc3F)cs2)cn1. The van der Waals surface area contributed by atoms with Crippen molar-refractivity contribution in [2.45, 2.75) is 6.54 Å². The topological polar surface area (TPSA) is 81.5 Å². The Balaban J connectivity index is 1.48. The van der Waals surface area contributed by atoms with Gasteiger partial charge < -0.3 is 14.8 Å². The first-order chi connectivity index (χ1) is 13.6. The Hall–Kier alpha value is -2.98. The third-order valence-electron chi connectivity index (χ3n) is 4.21. The van der Waals surface area contributed by atoms with Gasteiger partial charge in [-0.2, -0.15) is 5.10 Å². The summed E-state index contributed by atoms with van der Waals surface area (Å²) in [5.74, 6) is -0.443. The zero-order valence-electron chi connectivity index (χ0n) is 15.1. The number of halogens is 1. The summed E-state index contributed by atoms with van der Waals surface area (Å²) in [7, 11) is 1.64. The lowest BCUT2D eigenvalue weighted by Gasteiger charge is -2.13. The van der Waals surface area contributed by atoms with Gasteiger partial charge in [0.15, 0.2) is 5.13 Å². The van der Waals surface area contributed by atoms with Crippen molar-refractivity contribution >= 4 is 33.9 Å². The number of benzene rings is 1. The average molecular weight is 403 g/mol. The fourth-order valence-corrected chi connectivity index (χ4v) is 3.55. The van der Waals surface area contributed by atoms with E-state index < -0.39 is 11.9 Å². The highest BCUT2D eigenvalue weighted by Gasteiger charge is 2.24. The molecule has 3 aromatic rings. The van der Waals surface area contributed by atoms with Gasteiger partial charge in [0.25, 0.3) is 0 Å². The summed E-state index contributed by atoms with van der Waals surface area (Å²) < 4.78 is 26.3. The van der Waals surface area contributed by atoms with E-state index in [1.807, 2.05) is 6.20 Å². The Morgan fingerprint density at radius 2 is 2.32 bits per heavy atom. The molecule has 1 fully saturated rings. The van der Waals surface area contributed by atoms with Crippen LogP contribution in [0, 0.1) is 5.82 Å².